The molecule has 20 heavy (non-hydrogen) atoms. The van der Waals surface area contributed by atoms with Crippen molar-refractivity contribution in [3.63, 3.8) is 0 Å². The topological polar surface area (TPSA) is 62.7 Å². The van der Waals surface area contributed by atoms with Gasteiger partial charge in [0.2, 0.25) is 17.2 Å². The number of hydrogen-bond donors (Lipinski definition) is 2. The summed E-state index contributed by atoms with van der Waals surface area (Å²) in [5.41, 5.74) is 0.385. The maximum absolute atomic E-state index is 5.96. The summed E-state index contributed by atoms with van der Waals surface area (Å²) in [7, 11) is 0. The van der Waals surface area contributed by atoms with Gasteiger partial charge in [0.05, 0.1) is 0 Å². The van der Waals surface area contributed by atoms with Crippen LogP contribution in [0.5, 0.6) is 0 Å². The minimum atomic E-state index is 0.233. The average Bonchev–Trinajstić information content (AvgIpc) is 2.34. The van der Waals surface area contributed by atoms with Crippen molar-refractivity contribution in [2.24, 2.45) is 5.41 Å². The third-order valence-electron chi connectivity index (χ3n) is 3.68. The number of aromatic nitrogens is 3. The highest BCUT2D eigenvalue weighted by Crippen LogP contribution is 2.36. The molecule has 2 N–H and O–H groups in total. The smallest absolute Gasteiger partial charge is 0.229 e. The molecule has 1 unspecified atom stereocenters. The molecule has 1 aliphatic carbocycles. The van der Waals surface area contributed by atoms with Crippen LogP contribution in [0.25, 0.3) is 0 Å². The molecule has 5 nitrogen and oxygen atoms in total. The molecule has 1 atom stereocenters. The minimum Gasteiger partial charge on any atom is -0.354 e. The Labute approximate surface area is 126 Å². The SMILES string of the molecule is CCCNc1nc(Cl)nc(NC2CCCC(C)(C)C2)n1. The van der Waals surface area contributed by atoms with Gasteiger partial charge in [-0.1, -0.05) is 27.2 Å². The Morgan fingerprint density at radius 1 is 1.25 bits per heavy atom. The molecule has 0 aromatic carbocycles. The molecular formula is C14H24ClN5. The Hall–Kier alpha value is -1.10. The lowest BCUT2D eigenvalue weighted by atomic mass is 9.75. The molecule has 0 amide bonds. The summed E-state index contributed by atoms with van der Waals surface area (Å²) in [6.45, 7) is 7.56. The van der Waals surface area contributed by atoms with Gasteiger partial charge in [-0.05, 0) is 42.7 Å². The highest BCUT2D eigenvalue weighted by atomic mass is 35.5. The first-order valence-corrected chi connectivity index (χ1v) is 7.78. The van der Waals surface area contributed by atoms with E-state index < -0.39 is 0 Å². The zero-order chi connectivity index (χ0) is 14.6. The van der Waals surface area contributed by atoms with E-state index in [0.717, 1.165) is 25.8 Å². The van der Waals surface area contributed by atoms with E-state index in [2.05, 4.69) is 46.4 Å². The number of nitrogens with one attached hydrogen (secondary N) is 2. The van der Waals surface area contributed by atoms with Crippen LogP contribution in [0.3, 0.4) is 0 Å². The zero-order valence-corrected chi connectivity index (χ0v) is 13.3. The average molecular weight is 298 g/mol. The van der Waals surface area contributed by atoms with Gasteiger partial charge in [-0.3, -0.25) is 0 Å². The van der Waals surface area contributed by atoms with Gasteiger partial charge >= 0.3 is 0 Å². The molecule has 1 fully saturated rings. The monoisotopic (exact) mass is 297 g/mol. The van der Waals surface area contributed by atoms with Gasteiger partial charge in [0.1, 0.15) is 0 Å². The molecule has 1 aromatic rings. The third-order valence-corrected chi connectivity index (χ3v) is 3.85. The van der Waals surface area contributed by atoms with Gasteiger partial charge in [0.15, 0.2) is 0 Å². The number of hydrogen-bond acceptors (Lipinski definition) is 5. The van der Waals surface area contributed by atoms with Crippen LogP contribution in [0, 0.1) is 5.41 Å². The van der Waals surface area contributed by atoms with E-state index in [1.54, 1.807) is 0 Å². The molecule has 1 aromatic heterocycles. The van der Waals surface area contributed by atoms with Crippen molar-refractivity contribution < 1.29 is 0 Å². The summed E-state index contributed by atoms with van der Waals surface area (Å²) >= 11 is 5.96. The Kier molecular flexibility index (Phi) is 5.02. The summed E-state index contributed by atoms with van der Waals surface area (Å²) in [6.07, 6.45) is 5.83. The van der Waals surface area contributed by atoms with Crippen LogP contribution in [-0.2, 0) is 0 Å². The molecule has 0 spiro atoms. The molecule has 0 saturated heterocycles. The molecule has 2 rings (SSSR count). The minimum absolute atomic E-state index is 0.233. The summed E-state index contributed by atoms with van der Waals surface area (Å²) in [4.78, 5) is 12.6. The predicted molar refractivity (Wildman–Crippen MR) is 83.3 cm³/mol. The lowest BCUT2D eigenvalue weighted by Crippen LogP contribution is -2.32. The van der Waals surface area contributed by atoms with Gasteiger partial charge in [0.25, 0.3) is 0 Å². The Morgan fingerprint density at radius 3 is 2.70 bits per heavy atom. The Bertz CT molecular complexity index is 449. The van der Waals surface area contributed by atoms with E-state index in [9.17, 15) is 0 Å². The summed E-state index contributed by atoms with van der Waals surface area (Å²) in [6, 6.07) is 0.413. The van der Waals surface area contributed by atoms with Gasteiger partial charge in [-0.2, -0.15) is 15.0 Å². The molecular weight excluding hydrogens is 274 g/mol. The van der Waals surface area contributed by atoms with Gasteiger partial charge in [0, 0.05) is 12.6 Å². The van der Waals surface area contributed by atoms with Crippen LogP contribution in [0.15, 0.2) is 0 Å². The van der Waals surface area contributed by atoms with Crippen molar-refractivity contribution in [3.05, 3.63) is 5.28 Å². The summed E-state index contributed by atoms with van der Waals surface area (Å²) < 4.78 is 0. The number of halogens is 1. The second kappa shape index (κ2) is 6.57. The van der Waals surface area contributed by atoms with Gasteiger partial charge in [-0.25, -0.2) is 0 Å². The zero-order valence-electron chi connectivity index (χ0n) is 12.5. The van der Waals surface area contributed by atoms with Crippen LogP contribution < -0.4 is 10.6 Å². The quantitative estimate of drug-likeness (QED) is 0.867. The van der Waals surface area contributed by atoms with Crippen LogP contribution >= 0.6 is 11.6 Å². The first kappa shape index (κ1) is 15.3. The molecule has 1 heterocycles. The van der Waals surface area contributed by atoms with Crippen LogP contribution in [0.2, 0.25) is 5.28 Å². The van der Waals surface area contributed by atoms with Crippen molar-refractivity contribution >= 4 is 23.5 Å². The fraction of sp³-hybridized carbons (Fsp3) is 0.786. The van der Waals surface area contributed by atoms with Crippen LogP contribution in [0.4, 0.5) is 11.9 Å². The van der Waals surface area contributed by atoms with Crippen molar-refractivity contribution in [3.8, 4) is 0 Å². The summed E-state index contributed by atoms with van der Waals surface area (Å²) in [5, 5.41) is 6.78. The van der Waals surface area contributed by atoms with E-state index in [1.165, 1.54) is 12.8 Å². The Balaban J connectivity index is 2.03. The molecule has 0 aliphatic heterocycles. The molecule has 6 heteroatoms. The third kappa shape index (κ3) is 4.47. The molecule has 1 aliphatic rings. The molecule has 0 bridgehead atoms. The molecule has 112 valence electrons. The lowest BCUT2D eigenvalue weighted by Gasteiger charge is -2.35. The van der Waals surface area contributed by atoms with Gasteiger partial charge < -0.3 is 10.6 Å². The lowest BCUT2D eigenvalue weighted by molar-refractivity contribution is 0.229. The Morgan fingerprint density at radius 2 is 2.00 bits per heavy atom. The van der Waals surface area contributed by atoms with Crippen molar-refractivity contribution in [2.75, 3.05) is 17.2 Å². The van der Waals surface area contributed by atoms with Crippen molar-refractivity contribution in [1.29, 1.82) is 0 Å². The molecule has 0 radical (unpaired) electrons. The van der Waals surface area contributed by atoms with Crippen molar-refractivity contribution in [1.82, 2.24) is 15.0 Å². The van der Waals surface area contributed by atoms with Crippen LogP contribution in [-0.4, -0.2) is 27.5 Å². The van der Waals surface area contributed by atoms with Crippen LogP contribution in [0.1, 0.15) is 52.9 Å². The largest absolute Gasteiger partial charge is 0.354 e. The fourth-order valence-corrected chi connectivity index (χ4v) is 2.89. The first-order valence-electron chi connectivity index (χ1n) is 7.40. The second-order valence-corrected chi connectivity index (χ2v) is 6.62. The maximum atomic E-state index is 5.96. The first-order chi connectivity index (χ1) is 9.48. The predicted octanol–water partition coefficient (Wildman–Crippen LogP) is 3.73. The highest BCUT2D eigenvalue weighted by molar-refractivity contribution is 6.28. The molecule has 1 saturated carbocycles. The van der Waals surface area contributed by atoms with E-state index in [-0.39, 0.29) is 5.28 Å². The van der Waals surface area contributed by atoms with E-state index in [0.29, 0.717) is 23.4 Å². The highest BCUT2D eigenvalue weighted by Gasteiger charge is 2.28. The van der Waals surface area contributed by atoms with Gasteiger partial charge in [-0.15, -0.1) is 0 Å². The second-order valence-electron chi connectivity index (χ2n) is 6.28. The standard InChI is InChI=1S/C14H24ClN5/c1-4-8-16-12-18-11(15)19-13(20-12)17-10-6-5-7-14(2,3)9-10/h10H,4-9H2,1-3H3,(H2,16,17,18,19,20). The van der Waals surface area contributed by atoms with E-state index in [4.69, 9.17) is 11.6 Å². The normalized spacial score (nSPS) is 21.5. The number of nitrogens with zero attached hydrogens (tertiary/aromatic N) is 3. The van der Waals surface area contributed by atoms with E-state index in [1.807, 2.05) is 0 Å². The number of rotatable bonds is 5. The van der Waals surface area contributed by atoms with Crippen molar-refractivity contribution in [2.45, 2.75) is 58.9 Å². The fourth-order valence-electron chi connectivity index (χ4n) is 2.73. The maximum Gasteiger partial charge on any atom is 0.229 e. The number of anilines is 2. The van der Waals surface area contributed by atoms with E-state index >= 15 is 0 Å². The summed E-state index contributed by atoms with van der Waals surface area (Å²) in [5.74, 6) is 1.12.